The Bertz CT molecular complexity index is 355. The standard InChI is InChI=1S/C13H23N3/c1-6-16-10-12(9-15-16)7-11(2)8-14-13(3,4)5/h7,9-10,14H,6,8H2,1-5H3/b11-7-. The number of hydrogen-bond donors (Lipinski definition) is 1. The first kappa shape index (κ1) is 13.0. The van der Waals surface area contributed by atoms with Crippen LogP contribution < -0.4 is 5.32 Å². The minimum Gasteiger partial charge on any atom is -0.308 e. The number of nitrogens with one attached hydrogen (secondary N) is 1. The van der Waals surface area contributed by atoms with Crippen molar-refractivity contribution in [3.05, 3.63) is 23.5 Å². The van der Waals surface area contributed by atoms with Gasteiger partial charge in [0.2, 0.25) is 0 Å². The second-order valence-corrected chi connectivity index (χ2v) is 5.22. The Kier molecular flexibility index (Phi) is 4.30. The van der Waals surface area contributed by atoms with E-state index in [4.69, 9.17) is 0 Å². The van der Waals surface area contributed by atoms with Crippen LogP contribution in [-0.2, 0) is 6.54 Å². The van der Waals surface area contributed by atoms with Gasteiger partial charge in [-0.1, -0.05) is 11.6 Å². The van der Waals surface area contributed by atoms with Crippen LogP contribution in [0.1, 0.15) is 40.2 Å². The minimum atomic E-state index is 0.169. The number of hydrogen-bond acceptors (Lipinski definition) is 2. The van der Waals surface area contributed by atoms with Gasteiger partial charge in [-0.15, -0.1) is 0 Å². The second-order valence-electron chi connectivity index (χ2n) is 5.22. The third-order valence-electron chi connectivity index (χ3n) is 2.29. The van der Waals surface area contributed by atoms with Crippen molar-refractivity contribution in [2.75, 3.05) is 6.54 Å². The number of aromatic nitrogens is 2. The molecule has 0 aliphatic heterocycles. The van der Waals surface area contributed by atoms with Crippen LogP contribution in [0.25, 0.3) is 6.08 Å². The van der Waals surface area contributed by atoms with Crippen molar-refractivity contribution < 1.29 is 0 Å². The summed E-state index contributed by atoms with van der Waals surface area (Å²) in [6, 6.07) is 0. The van der Waals surface area contributed by atoms with E-state index in [2.05, 4.69) is 57.3 Å². The van der Waals surface area contributed by atoms with Gasteiger partial charge in [0.05, 0.1) is 6.20 Å². The van der Waals surface area contributed by atoms with Gasteiger partial charge < -0.3 is 5.32 Å². The highest BCUT2D eigenvalue weighted by molar-refractivity contribution is 5.50. The lowest BCUT2D eigenvalue weighted by Gasteiger charge is -2.20. The molecule has 3 heteroatoms. The molecule has 0 bridgehead atoms. The summed E-state index contributed by atoms with van der Waals surface area (Å²) in [4.78, 5) is 0. The molecule has 0 aliphatic rings. The maximum absolute atomic E-state index is 4.25. The maximum atomic E-state index is 4.25. The second kappa shape index (κ2) is 5.30. The first-order valence-corrected chi connectivity index (χ1v) is 5.85. The summed E-state index contributed by atoms with van der Waals surface area (Å²) in [5.41, 5.74) is 2.67. The maximum Gasteiger partial charge on any atom is 0.0562 e. The summed E-state index contributed by atoms with van der Waals surface area (Å²) >= 11 is 0. The lowest BCUT2D eigenvalue weighted by molar-refractivity contribution is 0.445. The molecule has 0 aromatic carbocycles. The molecule has 0 amide bonds. The normalized spacial score (nSPS) is 13.2. The summed E-state index contributed by atoms with van der Waals surface area (Å²) in [5.74, 6) is 0. The van der Waals surface area contributed by atoms with E-state index in [1.807, 2.05) is 10.9 Å². The summed E-state index contributed by atoms with van der Waals surface area (Å²) < 4.78 is 1.94. The van der Waals surface area contributed by atoms with Gasteiger partial charge in [-0.05, 0) is 34.6 Å². The Hall–Kier alpha value is -1.09. The number of rotatable bonds is 4. The molecule has 1 N–H and O–H groups in total. The van der Waals surface area contributed by atoms with Crippen LogP contribution in [0.15, 0.2) is 18.0 Å². The molecule has 3 nitrogen and oxygen atoms in total. The van der Waals surface area contributed by atoms with E-state index in [-0.39, 0.29) is 5.54 Å². The van der Waals surface area contributed by atoms with Crippen LogP contribution in [0.2, 0.25) is 0 Å². The molecule has 0 saturated carbocycles. The Morgan fingerprint density at radius 2 is 2.19 bits per heavy atom. The fourth-order valence-corrected chi connectivity index (χ4v) is 1.37. The van der Waals surface area contributed by atoms with Gasteiger partial charge in [-0.3, -0.25) is 4.68 Å². The molecular weight excluding hydrogens is 198 g/mol. The van der Waals surface area contributed by atoms with E-state index in [1.165, 1.54) is 11.1 Å². The van der Waals surface area contributed by atoms with Crippen LogP contribution in [0.4, 0.5) is 0 Å². The van der Waals surface area contributed by atoms with Gasteiger partial charge in [0.15, 0.2) is 0 Å². The van der Waals surface area contributed by atoms with Crippen LogP contribution in [0.5, 0.6) is 0 Å². The minimum absolute atomic E-state index is 0.169. The first-order valence-electron chi connectivity index (χ1n) is 5.85. The topological polar surface area (TPSA) is 29.9 Å². The summed E-state index contributed by atoms with van der Waals surface area (Å²) in [6.07, 6.45) is 6.16. The van der Waals surface area contributed by atoms with Crippen molar-refractivity contribution in [1.29, 1.82) is 0 Å². The number of aryl methyl sites for hydroxylation is 1. The largest absolute Gasteiger partial charge is 0.308 e. The van der Waals surface area contributed by atoms with Crippen molar-refractivity contribution in [3.63, 3.8) is 0 Å². The molecule has 1 aromatic heterocycles. The molecule has 16 heavy (non-hydrogen) atoms. The van der Waals surface area contributed by atoms with Crippen molar-refractivity contribution in [3.8, 4) is 0 Å². The molecule has 1 heterocycles. The highest BCUT2D eigenvalue weighted by Gasteiger charge is 2.07. The lowest BCUT2D eigenvalue weighted by Crippen LogP contribution is -2.36. The van der Waals surface area contributed by atoms with Crippen molar-refractivity contribution in [1.82, 2.24) is 15.1 Å². The third kappa shape index (κ3) is 4.62. The van der Waals surface area contributed by atoms with Crippen LogP contribution in [0, 0.1) is 0 Å². The average Bonchev–Trinajstić information content (AvgIpc) is 2.61. The summed E-state index contributed by atoms with van der Waals surface area (Å²) in [7, 11) is 0. The van der Waals surface area contributed by atoms with Gasteiger partial charge in [0.1, 0.15) is 0 Å². The van der Waals surface area contributed by atoms with E-state index in [0.29, 0.717) is 0 Å². The van der Waals surface area contributed by atoms with E-state index in [1.54, 1.807) is 0 Å². The summed E-state index contributed by atoms with van der Waals surface area (Å²) in [6.45, 7) is 12.6. The zero-order chi connectivity index (χ0) is 12.2. The average molecular weight is 221 g/mol. The molecule has 1 aromatic rings. The fraction of sp³-hybridized carbons (Fsp3) is 0.615. The Morgan fingerprint density at radius 3 is 2.69 bits per heavy atom. The van der Waals surface area contributed by atoms with Gasteiger partial charge in [-0.25, -0.2) is 0 Å². The Morgan fingerprint density at radius 1 is 1.50 bits per heavy atom. The molecule has 0 spiro atoms. The molecule has 90 valence electrons. The zero-order valence-corrected chi connectivity index (χ0v) is 11.0. The van der Waals surface area contributed by atoms with E-state index in [0.717, 1.165) is 13.1 Å². The molecule has 0 aliphatic carbocycles. The summed E-state index contributed by atoms with van der Waals surface area (Å²) in [5, 5.41) is 7.72. The van der Waals surface area contributed by atoms with Crippen molar-refractivity contribution >= 4 is 6.08 Å². The molecular formula is C13H23N3. The Balaban J connectivity index is 2.56. The fourth-order valence-electron chi connectivity index (χ4n) is 1.37. The lowest BCUT2D eigenvalue weighted by atomic mass is 10.1. The van der Waals surface area contributed by atoms with E-state index in [9.17, 15) is 0 Å². The van der Waals surface area contributed by atoms with Crippen LogP contribution >= 0.6 is 0 Å². The highest BCUT2D eigenvalue weighted by atomic mass is 15.3. The predicted octanol–water partition coefficient (Wildman–Crippen LogP) is 2.69. The van der Waals surface area contributed by atoms with Crippen LogP contribution in [0.3, 0.4) is 0 Å². The molecule has 1 rings (SSSR count). The zero-order valence-electron chi connectivity index (χ0n) is 11.0. The molecule has 0 saturated heterocycles. The van der Waals surface area contributed by atoms with Crippen molar-refractivity contribution in [2.45, 2.75) is 46.7 Å². The Labute approximate surface area is 98.5 Å². The van der Waals surface area contributed by atoms with Gasteiger partial charge in [0.25, 0.3) is 0 Å². The SMILES string of the molecule is CCn1cc(/C=C(/C)CNC(C)(C)C)cn1. The highest BCUT2D eigenvalue weighted by Crippen LogP contribution is 2.06. The molecule has 0 atom stereocenters. The predicted molar refractivity (Wildman–Crippen MR) is 69.3 cm³/mol. The molecule has 0 fully saturated rings. The smallest absolute Gasteiger partial charge is 0.0562 e. The van der Waals surface area contributed by atoms with E-state index < -0.39 is 0 Å². The van der Waals surface area contributed by atoms with Gasteiger partial charge in [-0.2, -0.15) is 5.10 Å². The van der Waals surface area contributed by atoms with Crippen LogP contribution in [-0.4, -0.2) is 21.9 Å². The molecule has 0 unspecified atom stereocenters. The van der Waals surface area contributed by atoms with Gasteiger partial charge in [0, 0.05) is 30.4 Å². The quantitative estimate of drug-likeness (QED) is 0.847. The molecule has 0 radical (unpaired) electrons. The van der Waals surface area contributed by atoms with Crippen molar-refractivity contribution in [2.24, 2.45) is 0 Å². The monoisotopic (exact) mass is 221 g/mol. The van der Waals surface area contributed by atoms with E-state index >= 15 is 0 Å². The number of nitrogens with zero attached hydrogens (tertiary/aromatic N) is 2. The third-order valence-corrected chi connectivity index (χ3v) is 2.29. The first-order chi connectivity index (χ1) is 7.40. The van der Waals surface area contributed by atoms with Gasteiger partial charge >= 0.3 is 0 Å².